The van der Waals surface area contributed by atoms with Crippen molar-refractivity contribution >= 4 is 15.9 Å². The van der Waals surface area contributed by atoms with Crippen molar-refractivity contribution in [1.82, 2.24) is 4.98 Å². The summed E-state index contributed by atoms with van der Waals surface area (Å²) in [7, 11) is 0. The highest BCUT2D eigenvalue weighted by molar-refractivity contribution is 9.10. The summed E-state index contributed by atoms with van der Waals surface area (Å²) in [6.45, 7) is 1.96. The summed E-state index contributed by atoms with van der Waals surface area (Å²) in [5, 5.41) is 0. The highest BCUT2D eigenvalue weighted by atomic mass is 79.9. The molecule has 0 bridgehead atoms. The second kappa shape index (κ2) is 5.59. The van der Waals surface area contributed by atoms with Crippen LogP contribution in [-0.4, -0.2) is 4.98 Å². The van der Waals surface area contributed by atoms with Gasteiger partial charge in [0.2, 0.25) is 0 Å². The van der Waals surface area contributed by atoms with E-state index in [-0.39, 0.29) is 11.9 Å². The minimum atomic E-state index is -0.249. The molecule has 0 fully saturated rings. The molecule has 0 aliphatic carbocycles. The standard InChI is InChI=1S/C14H14BrFN2/c1-9-4-11(8-18-7-9)14(17)6-10-5-12(15)2-3-13(10)16/h2-5,7-8,14H,6,17H2,1H3. The van der Waals surface area contributed by atoms with Crippen molar-refractivity contribution in [1.29, 1.82) is 0 Å². The van der Waals surface area contributed by atoms with E-state index in [9.17, 15) is 4.39 Å². The number of nitrogens with zero attached hydrogens (tertiary/aromatic N) is 1. The number of hydrogen-bond acceptors (Lipinski definition) is 2. The van der Waals surface area contributed by atoms with Crippen LogP contribution in [0.5, 0.6) is 0 Å². The Morgan fingerprint density at radius 2 is 2.11 bits per heavy atom. The lowest BCUT2D eigenvalue weighted by Gasteiger charge is -2.13. The van der Waals surface area contributed by atoms with Crippen molar-refractivity contribution in [3.63, 3.8) is 0 Å². The summed E-state index contributed by atoms with van der Waals surface area (Å²) in [6, 6.07) is 6.62. The topological polar surface area (TPSA) is 38.9 Å². The van der Waals surface area contributed by atoms with Crippen molar-refractivity contribution in [3.8, 4) is 0 Å². The fourth-order valence-electron chi connectivity index (χ4n) is 1.84. The van der Waals surface area contributed by atoms with Crippen LogP contribution in [0.25, 0.3) is 0 Å². The average molecular weight is 309 g/mol. The molecule has 94 valence electrons. The molecule has 1 aromatic heterocycles. The van der Waals surface area contributed by atoms with Crippen molar-refractivity contribution in [2.75, 3.05) is 0 Å². The predicted molar refractivity (Wildman–Crippen MR) is 73.7 cm³/mol. The molecule has 0 aliphatic rings. The van der Waals surface area contributed by atoms with Crippen LogP contribution in [0.3, 0.4) is 0 Å². The van der Waals surface area contributed by atoms with Gasteiger partial charge >= 0.3 is 0 Å². The summed E-state index contributed by atoms with van der Waals surface area (Å²) in [5.41, 5.74) is 8.68. The summed E-state index contributed by atoms with van der Waals surface area (Å²) in [4.78, 5) is 4.10. The van der Waals surface area contributed by atoms with E-state index in [2.05, 4.69) is 20.9 Å². The van der Waals surface area contributed by atoms with Gasteiger partial charge in [-0.25, -0.2) is 4.39 Å². The third-order valence-electron chi connectivity index (χ3n) is 2.77. The SMILES string of the molecule is Cc1cncc(C(N)Cc2cc(Br)ccc2F)c1. The molecule has 1 unspecified atom stereocenters. The molecule has 0 saturated heterocycles. The van der Waals surface area contributed by atoms with Gasteiger partial charge in [-0.2, -0.15) is 0 Å². The van der Waals surface area contributed by atoms with Crippen molar-refractivity contribution in [2.45, 2.75) is 19.4 Å². The molecule has 0 aliphatic heterocycles. The van der Waals surface area contributed by atoms with Gasteiger partial charge in [-0.05, 0) is 48.2 Å². The summed E-state index contributed by atoms with van der Waals surface area (Å²) in [6.07, 6.45) is 3.96. The van der Waals surface area contributed by atoms with Gasteiger partial charge in [0.1, 0.15) is 5.82 Å². The first-order chi connectivity index (χ1) is 8.56. The van der Waals surface area contributed by atoms with E-state index < -0.39 is 0 Å². The van der Waals surface area contributed by atoms with Crippen molar-refractivity contribution < 1.29 is 4.39 Å². The Hall–Kier alpha value is -1.26. The zero-order valence-electron chi connectivity index (χ0n) is 10.0. The van der Waals surface area contributed by atoms with E-state index in [1.807, 2.05) is 13.0 Å². The number of hydrogen-bond donors (Lipinski definition) is 1. The lowest BCUT2D eigenvalue weighted by atomic mass is 10.00. The lowest BCUT2D eigenvalue weighted by Crippen LogP contribution is -2.14. The first-order valence-corrected chi connectivity index (χ1v) is 6.46. The van der Waals surface area contributed by atoms with E-state index in [1.54, 1.807) is 24.5 Å². The molecule has 0 spiro atoms. The maximum atomic E-state index is 13.6. The van der Waals surface area contributed by atoms with Crippen LogP contribution in [0.15, 0.2) is 41.1 Å². The van der Waals surface area contributed by atoms with Crippen LogP contribution in [0.4, 0.5) is 4.39 Å². The van der Waals surface area contributed by atoms with E-state index in [0.717, 1.165) is 15.6 Å². The van der Waals surface area contributed by atoms with Crippen molar-refractivity contribution in [2.24, 2.45) is 5.73 Å². The van der Waals surface area contributed by atoms with Crippen LogP contribution in [-0.2, 0) is 6.42 Å². The molecular formula is C14H14BrFN2. The molecule has 2 aromatic rings. The Kier molecular flexibility index (Phi) is 4.09. The first-order valence-electron chi connectivity index (χ1n) is 5.67. The van der Waals surface area contributed by atoms with Gasteiger partial charge in [0.25, 0.3) is 0 Å². The smallest absolute Gasteiger partial charge is 0.126 e. The Morgan fingerprint density at radius 3 is 2.83 bits per heavy atom. The van der Waals surface area contributed by atoms with Crippen LogP contribution in [0.1, 0.15) is 22.7 Å². The molecule has 0 saturated carbocycles. The van der Waals surface area contributed by atoms with Crippen LogP contribution in [0.2, 0.25) is 0 Å². The monoisotopic (exact) mass is 308 g/mol. The van der Waals surface area contributed by atoms with Gasteiger partial charge in [0, 0.05) is 22.9 Å². The van der Waals surface area contributed by atoms with Gasteiger partial charge in [0.15, 0.2) is 0 Å². The summed E-state index contributed by atoms with van der Waals surface area (Å²) < 4.78 is 14.5. The summed E-state index contributed by atoms with van der Waals surface area (Å²) >= 11 is 3.33. The minimum Gasteiger partial charge on any atom is -0.324 e. The maximum absolute atomic E-state index is 13.6. The van der Waals surface area contributed by atoms with Gasteiger partial charge in [0.05, 0.1) is 0 Å². The predicted octanol–water partition coefficient (Wildman–Crippen LogP) is 3.53. The quantitative estimate of drug-likeness (QED) is 0.942. The average Bonchev–Trinajstić information content (AvgIpc) is 2.34. The number of rotatable bonds is 3. The Labute approximate surface area is 114 Å². The zero-order chi connectivity index (χ0) is 13.1. The Morgan fingerprint density at radius 1 is 1.33 bits per heavy atom. The van der Waals surface area contributed by atoms with Gasteiger partial charge in [-0.3, -0.25) is 4.98 Å². The van der Waals surface area contributed by atoms with Crippen LogP contribution >= 0.6 is 15.9 Å². The largest absolute Gasteiger partial charge is 0.324 e. The number of benzene rings is 1. The molecule has 1 heterocycles. The Balaban J connectivity index is 2.21. The molecule has 0 radical (unpaired) electrons. The fraction of sp³-hybridized carbons (Fsp3) is 0.214. The fourth-order valence-corrected chi connectivity index (χ4v) is 2.24. The third kappa shape index (κ3) is 3.15. The lowest BCUT2D eigenvalue weighted by molar-refractivity contribution is 0.592. The van der Waals surface area contributed by atoms with Gasteiger partial charge in [-0.15, -0.1) is 0 Å². The van der Waals surface area contributed by atoms with E-state index in [4.69, 9.17) is 5.73 Å². The molecule has 1 aromatic carbocycles. The molecule has 0 amide bonds. The highest BCUT2D eigenvalue weighted by Crippen LogP contribution is 2.21. The Bertz CT molecular complexity index is 557. The second-order valence-corrected chi connectivity index (χ2v) is 5.26. The van der Waals surface area contributed by atoms with E-state index in [1.165, 1.54) is 6.07 Å². The number of halogens is 2. The third-order valence-corrected chi connectivity index (χ3v) is 3.27. The number of nitrogens with two attached hydrogens (primary N) is 1. The molecular weight excluding hydrogens is 295 g/mol. The summed E-state index contributed by atoms with van der Waals surface area (Å²) in [5.74, 6) is -0.228. The van der Waals surface area contributed by atoms with Crippen LogP contribution in [0, 0.1) is 12.7 Å². The normalized spacial score (nSPS) is 12.4. The first kappa shape index (κ1) is 13.2. The molecule has 18 heavy (non-hydrogen) atoms. The van der Waals surface area contributed by atoms with Gasteiger partial charge in [-0.1, -0.05) is 22.0 Å². The van der Waals surface area contributed by atoms with E-state index >= 15 is 0 Å². The number of pyridine rings is 1. The molecule has 2 nitrogen and oxygen atoms in total. The maximum Gasteiger partial charge on any atom is 0.126 e. The van der Waals surface area contributed by atoms with Gasteiger partial charge < -0.3 is 5.73 Å². The number of aryl methyl sites for hydroxylation is 1. The minimum absolute atomic E-state index is 0.228. The van der Waals surface area contributed by atoms with E-state index in [0.29, 0.717) is 12.0 Å². The molecule has 4 heteroatoms. The highest BCUT2D eigenvalue weighted by Gasteiger charge is 2.11. The molecule has 1 atom stereocenters. The van der Waals surface area contributed by atoms with Crippen molar-refractivity contribution in [3.05, 3.63) is 63.6 Å². The zero-order valence-corrected chi connectivity index (χ0v) is 11.6. The van der Waals surface area contributed by atoms with Crippen LogP contribution < -0.4 is 5.73 Å². The number of aromatic nitrogens is 1. The second-order valence-electron chi connectivity index (χ2n) is 4.34. The molecule has 2 N–H and O–H groups in total. The molecule has 2 rings (SSSR count).